The van der Waals surface area contributed by atoms with Crippen LogP contribution in [0.4, 0.5) is 5.69 Å². The second-order valence-corrected chi connectivity index (χ2v) is 5.09. The molecule has 1 rings (SSSR count). The van der Waals surface area contributed by atoms with Gasteiger partial charge in [0.25, 0.3) is 0 Å². The highest BCUT2D eigenvalue weighted by molar-refractivity contribution is 6.51. The summed E-state index contributed by atoms with van der Waals surface area (Å²) in [4.78, 5) is 23.3. The average Bonchev–Trinajstić information content (AvgIpc) is 2.44. The van der Waals surface area contributed by atoms with Crippen LogP contribution < -0.4 is 21.8 Å². The van der Waals surface area contributed by atoms with Gasteiger partial charge in [0.05, 0.1) is 12.6 Å². The van der Waals surface area contributed by atoms with Gasteiger partial charge in [0, 0.05) is 5.69 Å². The molecule has 0 aromatic heterocycles. The standard InChI is InChI=1S/C14H22BN3O2/c1-9(2)13(16)14(20)17-8-12(19)18-11-6-4-10(15-3)5-7-11/h4-7,9,13,15H,8,16H2,1-3H3,(H,17,20)(H,18,19). The van der Waals surface area contributed by atoms with Crippen molar-refractivity contribution in [1.29, 1.82) is 0 Å². The zero-order chi connectivity index (χ0) is 15.1. The summed E-state index contributed by atoms with van der Waals surface area (Å²) >= 11 is 0. The zero-order valence-electron chi connectivity index (χ0n) is 12.3. The number of rotatable bonds is 6. The van der Waals surface area contributed by atoms with Crippen LogP contribution >= 0.6 is 0 Å². The number of nitrogens with one attached hydrogen (secondary N) is 2. The SMILES string of the molecule is CBc1ccc(NC(=O)CNC(=O)C(N)C(C)C)cc1. The second-order valence-electron chi connectivity index (χ2n) is 5.09. The summed E-state index contributed by atoms with van der Waals surface area (Å²) in [7, 11) is 0.956. The van der Waals surface area contributed by atoms with E-state index in [1.807, 2.05) is 38.1 Å². The molecule has 5 nitrogen and oxygen atoms in total. The fourth-order valence-corrected chi connectivity index (χ4v) is 1.62. The average molecular weight is 275 g/mol. The third-order valence-corrected chi connectivity index (χ3v) is 3.09. The summed E-state index contributed by atoms with van der Waals surface area (Å²) < 4.78 is 0. The van der Waals surface area contributed by atoms with Gasteiger partial charge in [-0.15, -0.1) is 0 Å². The third kappa shape index (κ3) is 5.05. The lowest BCUT2D eigenvalue weighted by atomic mass is 9.73. The van der Waals surface area contributed by atoms with Gasteiger partial charge in [-0.05, 0) is 18.1 Å². The quantitative estimate of drug-likeness (QED) is 0.630. The Bertz CT molecular complexity index is 460. The zero-order valence-corrected chi connectivity index (χ0v) is 12.3. The summed E-state index contributed by atoms with van der Waals surface area (Å²) in [6.07, 6.45) is 0. The van der Waals surface area contributed by atoms with Crippen LogP contribution in [0.2, 0.25) is 6.82 Å². The van der Waals surface area contributed by atoms with Crippen molar-refractivity contribution in [2.24, 2.45) is 11.7 Å². The summed E-state index contributed by atoms with van der Waals surface area (Å²) in [5.41, 5.74) is 7.61. The molecule has 1 aromatic carbocycles. The lowest BCUT2D eigenvalue weighted by Gasteiger charge is -2.15. The Kier molecular flexibility index (Phi) is 6.25. The van der Waals surface area contributed by atoms with Crippen molar-refractivity contribution in [2.45, 2.75) is 26.7 Å². The van der Waals surface area contributed by atoms with E-state index in [1.165, 1.54) is 5.46 Å². The van der Waals surface area contributed by atoms with Crippen molar-refractivity contribution in [3.63, 3.8) is 0 Å². The summed E-state index contributed by atoms with van der Waals surface area (Å²) in [5, 5.41) is 5.25. The van der Waals surface area contributed by atoms with Crippen LogP contribution in [0, 0.1) is 5.92 Å². The smallest absolute Gasteiger partial charge is 0.243 e. The Morgan fingerprint density at radius 3 is 2.35 bits per heavy atom. The number of amides is 2. The first kappa shape index (κ1) is 16.2. The minimum atomic E-state index is -0.591. The highest BCUT2D eigenvalue weighted by Gasteiger charge is 2.17. The highest BCUT2D eigenvalue weighted by atomic mass is 16.2. The number of anilines is 1. The minimum Gasteiger partial charge on any atom is -0.346 e. The Morgan fingerprint density at radius 1 is 1.25 bits per heavy atom. The van der Waals surface area contributed by atoms with Gasteiger partial charge in [-0.1, -0.05) is 38.3 Å². The molecular weight excluding hydrogens is 253 g/mol. The van der Waals surface area contributed by atoms with E-state index < -0.39 is 6.04 Å². The van der Waals surface area contributed by atoms with Gasteiger partial charge >= 0.3 is 0 Å². The van der Waals surface area contributed by atoms with Crippen LogP contribution in [0.25, 0.3) is 0 Å². The van der Waals surface area contributed by atoms with Crippen LogP contribution in [0.15, 0.2) is 24.3 Å². The molecule has 6 heteroatoms. The van der Waals surface area contributed by atoms with Gasteiger partial charge in [-0.2, -0.15) is 0 Å². The summed E-state index contributed by atoms with van der Waals surface area (Å²) in [5.74, 6) is -0.533. The van der Waals surface area contributed by atoms with Crippen molar-refractivity contribution in [3.05, 3.63) is 24.3 Å². The predicted octanol–water partition coefficient (Wildman–Crippen LogP) is -0.165. The molecule has 0 aliphatic heterocycles. The molecule has 0 saturated carbocycles. The summed E-state index contributed by atoms with van der Waals surface area (Å²) in [6.45, 7) is 5.72. The molecule has 1 unspecified atom stereocenters. The maximum Gasteiger partial charge on any atom is 0.243 e. The van der Waals surface area contributed by atoms with Gasteiger partial charge in [0.15, 0.2) is 7.28 Å². The third-order valence-electron chi connectivity index (χ3n) is 3.09. The van der Waals surface area contributed by atoms with Crippen molar-refractivity contribution in [2.75, 3.05) is 11.9 Å². The minimum absolute atomic E-state index is 0.0413. The normalized spacial score (nSPS) is 11.8. The maximum absolute atomic E-state index is 11.7. The van der Waals surface area contributed by atoms with Gasteiger partial charge in [-0.3, -0.25) is 9.59 Å². The molecule has 0 heterocycles. The Hall–Kier alpha value is -1.82. The molecule has 0 aliphatic carbocycles. The number of carbonyl (C=O) groups excluding carboxylic acids is 2. The van der Waals surface area contributed by atoms with E-state index >= 15 is 0 Å². The van der Waals surface area contributed by atoms with Crippen LogP contribution in [0.1, 0.15) is 13.8 Å². The monoisotopic (exact) mass is 275 g/mol. The van der Waals surface area contributed by atoms with Gasteiger partial charge in [0.2, 0.25) is 11.8 Å². The van der Waals surface area contributed by atoms with E-state index in [4.69, 9.17) is 5.73 Å². The largest absolute Gasteiger partial charge is 0.346 e. The van der Waals surface area contributed by atoms with Crippen molar-refractivity contribution in [1.82, 2.24) is 5.32 Å². The molecular formula is C14H22BN3O2. The van der Waals surface area contributed by atoms with E-state index in [1.54, 1.807) is 0 Å². The molecule has 0 bridgehead atoms. The van der Waals surface area contributed by atoms with Crippen molar-refractivity contribution >= 4 is 30.2 Å². The maximum atomic E-state index is 11.7. The lowest BCUT2D eigenvalue weighted by Crippen LogP contribution is -2.46. The fourth-order valence-electron chi connectivity index (χ4n) is 1.62. The van der Waals surface area contributed by atoms with Gasteiger partial charge in [-0.25, -0.2) is 0 Å². The van der Waals surface area contributed by atoms with Crippen molar-refractivity contribution in [3.8, 4) is 0 Å². The molecule has 2 amide bonds. The molecule has 108 valence electrons. The molecule has 0 saturated heterocycles. The first-order valence-corrected chi connectivity index (χ1v) is 6.86. The predicted molar refractivity (Wildman–Crippen MR) is 83.5 cm³/mol. The highest BCUT2D eigenvalue weighted by Crippen LogP contribution is 2.03. The second kappa shape index (κ2) is 7.70. The van der Waals surface area contributed by atoms with Crippen LogP contribution in [-0.4, -0.2) is 31.7 Å². The Balaban J connectivity index is 2.41. The topological polar surface area (TPSA) is 84.2 Å². The van der Waals surface area contributed by atoms with E-state index in [0.29, 0.717) is 0 Å². The van der Waals surface area contributed by atoms with Crippen LogP contribution in [0.3, 0.4) is 0 Å². The molecule has 4 N–H and O–H groups in total. The fraction of sp³-hybridized carbons (Fsp3) is 0.429. The van der Waals surface area contributed by atoms with Crippen LogP contribution in [-0.2, 0) is 9.59 Å². The van der Waals surface area contributed by atoms with Crippen molar-refractivity contribution < 1.29 is 9.59 Å². The van der Waals surface area contributed by atoms with E-state index in [9.17, 15) is 9.59 Å². The van der Waals surface area contributed by atoms with E-state index in [0.717, 1.165) is 13.0 Å². The number of hydrogen-bond acceptors (Lipinski definition) is 3. The number of benzene rings is 1. The first-order chi connectivity index (χ1) is 9.43. The first-order valence-electron chi connectivity index (χ1n) is 6.86. The molecule has 0 aliphatic rings. The van der Waals surface area contributed by atoms with Gasteiger partial charge in [0.1, 0.15) is 0 Å². The molecule has 20 heavy (non-hydrogen) atoms. The molecule has 0 fully saturated rings. The van der Waals surface area contributed by atoms with Gasteiger partial charge < -0.3 is 16.4 Å². The number of nitrogens with two attached hydrogens (primary N) is 1. The molecule has 1 aromatic rings. The molecule has 0 radical (unpaired) electrons. The summed E-state index contributed by atoms with van der Waals surface area (Å²) in [6, 6.07) is 7.02. The lowest BCUT2D eigenvalue weighted by molar-refractivity contribution is -0.125. The molecule has 0 spiro atoms. The van der Waals surface area contributed by atoms with E-state index in [2.05, 4.69) is 17.5 Å². The number of carbonyl (C=O) groups is 2. The number of hydrogen-bond donors (Lipinski definition) is 3. The van der Waals surface area contributed by atoms with Crippen LogP contribution in [0.5, 0.6) is 0 Å². The Morgan fingerprint density at radius 2 is 1.85 bits per heavy atom. The molecule has 1 atom stereocenters. The Labute approximate surface area is 120 Å². The van der Waals surface area contributed by atoms with E-state index in [-0.39, 0.29) is 24.3 Å².